The molecule has 0 fully saturated rings. The summed E-state index contributed by atoms with van der Waals surface area (Å²) < 4.78 is 0. The number of aromatic amines is 1. The van der Waals surface area contributed by atoms with Gasteiger partial charge in [-0.2, -0.15) is 16.9 Å². The molecule has 1 rings (SSSR count). The van der Waals surface area contributed by atoms with Crippen LogP contribution >= 0.6 is 11.8 Å². The summed E-state index contributed by atoms with van der Waals surface area (Å²) in [5, 5.41) is 15.8. The van der Waals surface area contributed by atoms with Crippen molar-refractivity contribution >= 4 is 23.6 Å². The third-order valence-electron chi connectivity index (χ3n) is 2.52. The summed E-state index contributed by atoms with van der Waals surface area (Å²) in [6, 6.07) is 0.782. The van der Waals surface area contributed by atoms with Gasteiger partial charge in [0.05, 0.1) is 0 Å². The number of rotatable bonds is 7. The molecule has 6 N–H and O–H groups in total. The van der Waals surface area contributed by atoms with E-state index in [2.05, 4.69) is 21.0 Å². The zero-order chi connectivity index (χ0) is 15.0. The lowest BCUT2D eigenvalue weighted by atomic mass is 10.1. The second-order valence-corrected chi connectivity index (χ2v) is 5.40. The number of H-pyrrole nitrogens is 1. The molecule has 2 amide bonds. The average molecular weight is 301 g/mol. The molecule has 0 aliphatic rings. The Bertz CT molecular complexity index is 426. The molecule has 0 aliphatic carbocycles. The number of nitrogens with zero attached hydrogens (tertiary/aromatic N) is 1. The van der Waals surface area contributed by atoms with Gasteiger partial charge < -0.3 is 10.8 Å². The van der Waals surface area contributed by atoms with E-state index in [1.807, 2.05) is 6.92 Å². The number of aliphatic hydroxyl groups excluding tert-OH is 1. The van der Waals surface area contributed by atoms with Crippen molar-refractivity contribution in [2.24, 2.45) is 5.73 Å². The number of carbonyl (C=O) groups excluding carboxylic acids is 2. The number of nitrogens with two attached hydrogens (primary N) is 1. The molecule has 1 heterocycles. The summed E-state index contributed by atoms with van der Waals surface area (Å²) in [6.07, 6.45) is 0.559. The minimum atomic E-state index is -1.37. The first kappa shape index (κ1) is 16.5. The van der Waals surface area contributed by atoms with Crippen LogP contribution in [-0.4, -0.2) is 50.8 Å². The van der Waals surface area contributed by atoms with Crippen molar-refractivity contribution in [1.29, 1.82) is 0 Å². The quantitative estimate of drug-likeness (QED) is 0.324. The summed E-state index contributed by atoms with van der Waals surface area (Å²) in [4.78, 5) is 23.1. The molecule has 1 aromatic rings. The van der Waals surface area contributed by atoms with Crippen LogP contribution in [0.25, 0.3) is 0 Å². The summed E-state index contributed by atoms with van der Waals surface area (Å²) in [7, 11) is 0. The van der Waals surface area contributed by atoms with Gasteiger partial charge in [-0.25, -0.2) is 0 Å². The first-order valence-corrected chi connectivity index (χ1v) is 7.32. The maximum Gasteiger partial charge on any atom is 0.287 e. The second-order valence-electron chi connectivity index (χ2n) is 4.01. The van der Waals surface area contributed by atoms with Gasteiger partial charge in [0.1, 0.15) is 11.8 Å². The third kappa shape index (κ3) is 5.19. The molecule has 2 atom stereocenters. The van der Waals surface area contributed by atoms with Gasteiger partial charge in [0.2, 0.25) is 0 Å². The molecular weight excluding hydrogens is 282 g/mol. The van der Waals surface area contributed by atoms with Crippen LogP contribution in [0.5, 0.6) is 0 Å². The first-order chi connectivity index (χ1) is 9.56. The number of hydrogen-bond donors (Lipinski definition) is 5. The largest absolute Gasteiger partial charge is 0.382 e. The van der Waals surface area contributed by atoms with Crippen LogP contribution in [0.2, 0.25) is 0 Å². The fourth-order valence-electron chi connectivity index (χ4n) is 1.36. The van der Waals surface area contributed by atoms with Crippen LogP contribution in [0.1, 0.15) is 23.8 Å². The SMILES string of the molecule is CCSCC[C@@H](N)C(O)C(=O)NNC(=O)c1ccn[nH]1. The van der Waals surface area contributed by atoms with Gasteiger partial charge >= 0.3 is 0 Å². The van der Waals surface area contributed by atoms with Gasteiger partial charge in [0.15, 0.2) is 0 Å². The van der Waals surface area contributed by atoms with E-state index >= 15 is 0 Å². The number of nitrogens with one attached hydrogen (secondary N) is 3. The number of aliphatic hydroxyl groups is 1. The summed E-state index contributed by atoms with van der Waals surface area (Å²) >= 11 is 1.68. The van der Waals surface area contributed by atoms with Gasteiger partial charge in [0.25, 0.3) is 11.8 Å². The van der Waals surface area contributed by atoms with Gasteiger partial charge in [-0.05, 0) is 24.0 Å². The van der Waals surface area contributed by atoms with Crippen molar-refractivity contribution in [2.45, 2.75) is 25.5 Å². The van der Waals surface area contributed by atoms with Crippen molar-refractivity contribution in [1.82, 2.24) is 21.0 Å². The highest BCUT2D eigenvalue weighted by molar-refractivity contribution is 7.99. The maximum atomic E-state index is 11.6. The molecule has 0 bridgehead atoms. The van der Waals surface area contributed by atoms with Crippen LogP contribution in [0.15, 0.2) is 12.3 Å². The molecule has 1 unspecified atom stereocenters. The van der Waals surface area contributed by atoms with Gasteiger partial charge in [0, 0.05) is 12.2 Å². The Morgan fingerprint density at radius 1 is 1.55 bits per heavy atom. The number of hydrogen-bond acceptors (Lipinski definition) is 6. The van der Waals surface area contributed by atoms with Crippen LogP contribution < -0.4 is 16.6 Å². The number of carbonyl (C=O) groups is 2. The van der Waals surface area contributed by atoms with Gasteiger partial charge in [-0.3, -0.25) is 25.5 Å². The minimum absolute atomic E-state index is 0.198. The molecule has 8 nitrogen and oxygen atoms in total. The zero-order valence-corrected chi connectivity index (χ0v) is 11.9. The van der Waals surface area contributed by atoms with Crippen LogP contribution in [0.4, 0.5) is 0 Å². The molecule has 0 saturated carbocycles. The minimum Gasteiger partial charge on any atom is -0.382 e. The van der Waals surface area contributed by atoms with Crippen molar-refractivity contribution in [2.75, 3.05) is 11.5 Å². The van der Waals surface area contributed by atoms with Crippen LogP contribution in [-0.2, 0) is 4.79 Å². The highest BCUT2D eigenvalue weighted by Gasteiger charge is 2.23. The molecule has 0 saturated heterocycles. The summed E-state index contributed by atoms with van der Waals surface area (Å²) in [5.41, 5.74) is 10.2. The lowest BCUT2D eigenvalue weighted by Gasteiger charge is -2.18. The molecule has 0 aliphatic heterocycles. The van der Waals surface area contributed by atoms with Gasteiger partial charge in [-0.15, -0.1) is 0 Å². The van der Waals surface area contributed by atoms with E-state index in [9.17, 15) is 14.7 Å². The molecule has 0 radical (unpaired) electrons. The Kier molecular flexibility index (Phi) is 7.05. The summed E-state index contributed by atoms with van der Waals surface area (Å²) in [6.45, 7) is 2.02. The van der Waals surface area contributed by atoms with Crippen molar-refractivity contribution in [3.05, 3.63) is 18.0 Å². The Morgan fingerprint density at radius 2 is 2.30 bits per heavy atom. The normalized spacial score (nSPS) is 13.6. The van der Waals surface area contributed by atoms with E-state index in [1.54, 1.807) is 11.8 Å². The molecule has 1 aromatic heterocycles. The lowest BCUT2D eigenvalue weighted by Crippen LogP contribution is -2.52. The Morgan fingerprint density at radius 3 is 2.90 bits per heavy atom. The molecule has 0 spiro atoms. The number of hydrazine groups is 1. The van der Waals surface area contributed by atoms with Crippen LogP contribution in [0, 0.1) is 0 Å². The van der Waals surface area contributed by atoms with E-state index in [0.717, 1.165) is 11.5 Å². The standard InChI is InChI=1S/C11H19N5O3S/c1-2-20-6-4-7(12)9(17)11(19)16-15-10(18)8-3-5-13-14-8/h3,5,7,9,17H,2,4,6,12H2,1H3,(H,13,14)(H,15,18)(H,16,19)/t7-,9?/m1/s1. The maximum absolute atomic E-state index is 11.6. The third-order valence-corrected chi connectivity index (χ3v) is 3.45. The molecular formula is C11H19N5O3S. The smallest absolute Gasteiger partial charge is 0.287 e. The predicted octanol–water partition coefficient (Wildman–Crippen LogP) is -0.998. The van der Waals surface area contributed by atoms with Crippen molar-refractivity contribution in [3.63, 3.8) is 0 Å². The van der Waals surface area contributed by atoms with Gasteiger partial charge in [-0.1, -0.05) is 6.92 Å². The summed E-state index contributed by atoms with van der Waals surface area (Å²) in [5.74, 6) is 0.419. The fraction of sp³-hybridized carbons (Fsp3) is 0.545. The molecule has 9 heteroatoms. The van der Waals surface area contributed by atoms with Crippen molar-refractivity contribution in [3.8, 4) is 0 Å². The first-order valence-electron chi connectivity index (χ1n) is 6.17. The number of amides is 2. The number of thioether (sulfide) groups is 1. The van der Waals surface area contributed by atoms with E-state index in [1.165, 1.54) is 12.3 Å². The number of aromatic nitrogens is 2. The fourth-order valence-corrected chi connectivity index (χ4v) is 2.09. The Hall–Kier alpha value is -1.58. The highest BCUT2D eigenvalue weighted by atomic mass is 32.2. The van der Waals surface area contributed by atoms with E-state index < -0.39 is 24.0 Å². The van der Waals surface area contributed by atoms with E-state index in [4.69, 9.17) is 5.73 Å². The molecule has 20 heavy (non-hydrogen) atoms. The molecule has 112 valence electrons. The Labute approximate surface area is 120 Å². The average Bonchev–Trinajstić information content (AvgIpc) is 2.97. The Balaban J connectivity index is 2.32. The van der Waals surface area contributed by atoms with E-state index in [-0.39, 0.29) is 5.69 Å². The van der Waals surface area contributed by atoms with E-state index in [0.29, 0.717) is 6.42 Å². The molecule has 0 aromatic carbocycles. The predicted molar refractivity (Wildman–Crippen MR) is 75.8 cm³/mol. The van der Waals surface area contributed by atoms with Crippen LogP contribution in [0.3, 0.4) is 0 Å². The van der Waals surface area contributed by atoms with Crippen molar-refractivity contribution < 1.29 is 14.7 Å². The topological polar surface area (TPSA) is 133 Å². The second kappa shape index (κ2) is 8.56. The highest BCUT2D eigenvalue weighted by Crippen LogP contribution is 2.05. The lowest BCUT2D eigenvalue weighted by molar-refractivity contribution is -0.131. The monoisotopic (exact) mass is 301 g/mol. The zero-order valence-electron chi connectivity index (χ0n) is 11.1.